The van der Waals surface area contributed by atoms with Crippen molar-refractivity contribution in [1.82, 2.24) is 14.9 Å². The van der Waals surface area contributed by atoms with Gasteiger partial charge in [-0.15, -0.1) is 11.3 Å². The second-order valence-corrected chi connectivity index (χ2v) is 6.29. The molecule has 5 nitrogen and oxygen atoms in total. The van der Waals surface area contributed by atoms with Gasteiger partial charge in [-0.3, -0.25) is 4.90 Å². The molecule has 0 bridgehead atoms. The molecule has 1 aliphatic rings. The van der Waals surface area contributed by atoms with Crippen LogP contribution in [0.25, 0.3) is 10.2 Å². The van der Waals surface area contributed by atoms with Crippen LogP contribution >= 0.6 is 11.3 Å². The third-order valence-corrected chi connectivity index (χ3v) is 4.88. The number of hydrogen-bond donors (Lipinski definition) is 1. The number of morpholine rings is 1. The van der Waals surface area contributed by atoms with Gasteiger partial charge in [0.05, 0.1) is 25.1 Å². The van der Waals surface area contributed by atoms with Crippen molar-refractivity contribution in [3.8, 4) is 0 Å². The van der Waals surface area contributed by atoms with Gasteiger partial charge in [0, 0.05) is 25.0 Å². The molecule has 1 fully saturated rings. The predicted octanol–water partition coefficient (Wildman–Crippen LogP) is 2.18. The van der Waals surface area contributed by atoms with Gasteiger partial charge in [-0.25, -0.2) is 9.97 Å². The monoisotopic (exact) mass is 292 g/mol. The molecule has 108 valence electrons. The predicted molar refractivity (Wildman–Crippen MR) is 82.5 cm³/mol. The van der Waals surface area contributed by atoms with Gasteiger partial charge in [0.1, 0.15) is 16.5 Å². The first-order valence-electron chi connectivity index (χ1n) is 6.93. The SMILES string of the molecule is CNc1nc(CN2CCOCC2)nc2sc(C)c(C)c12. The Morgan fingerprint density at radius 1 is 1.25 bits per heavy atom. The summed E-state index contributed by atoms with van der Waals surface area (Å²) in [4.78, 5) is 14.2. The minimum atomic E-state index is 0.796. The highest BCUT2D eigenvalue weighted by atomic mass is 32.1. The third kappa shape index (κ3) is 2.51. The van der Waals surface area contributed by atoms with E-state index in [1.807, 2.05) is 7.05 Å². The number of nitrogens with zero attached hydrogens (tertiary/aromatic N) is 3. The van der Waals surface area contributed by atoms with Crippen molar-refractivity contribution in [3.05, 3.63) is 16.3 Å². The zero-order valence-electron chi connectivity index (χ0n) is 12.2. The highest BCUT2D eigenvalue weighted by Crippen LogP contribution is 2.33. The quantitative estimate of drug-likeness (QED) is 0.939. The largest absolute Gasteiger partial charge is 0.379 e. The summed E-state index contributed by atoms with van der Waals surface area (Å²) in [6.07, 6.45) is 0. The van der Waals surface area contributed by atoms with Crippen molar-refractivity contribution in [2.45, 2.75) is 20.4 Å². The molecule has 2 aromatic rings. The molecule has 0 radical (unpaired) electrons. The van der Waals surface area contributed by atoms with Gasteiger partial charge < -0.3 is 10.1 Å². The van der Waals surface area contributed by atoms with Crippen LogP contribution in [0, 0.1) is 13.8 Å². The van der Waals surface area contributed by atoms with E-state index in [1.54, 1.807) is 11.3 Å². The van der Waals surface area contributed by atoms with Gasteiger partial charge >= 0.3 is 0 Å². The molecule has 2 aromatic heterocycles. The average molecular weight is 292 g/mol. The minimum Gasteiger partial charge on any atom is -0.379 e. The standard InChI is InChI=1S/C14H20N4OS/c1-9-10(2)20-14-12(9)13(15-3)16-11(17-14)8-18-4-6-19-7-5-18/h4-8H2,1-3H3,(H,15,16,17). The van der Waals surface area contributed by atoms with Crippen LogP contribution in [0.4, 0.5) is 5.82 Å². The van der Waals surface area contributed by atoms with Gasteiger partial charge in [0.2, 0.25) is 0 Å². The fourth-order valence-corrected chi connectivity index (χ4v) is 3.55. The van der Waals surface area contributed by atoms with Crippen LogP contribution in [0.5, 0.6) is 0 Å². The van der Waals surface area contributed by atoms with Crippen molar-refractivity contribution >= 4 is 27.4 Å². The molecule has 0 atom stereocenters. The number of aromatic nitrogens is 2. The lowest BCUT2D eigenvalue weighted by Gasteiger charge is -2.25. The van der Waals surface area contributed by atoms with Crippen molar-refractivity contribution in [3.63, 3.8) is 0 Å². The van der Waals surface area contributed by atoms with Gasteiger partial charge in [0.15, 0.2) is 0 Å². The molecule has 0 amide bonds. The number of aryl methyl sites for hydroxylation is 2. The van der Waals surface area contributed by atoms with Crippen molar-refractivity contribution in [2.75, 3.05) is 38.7 Å². The molecule has 0 spiro atoms. The van der Waals surface area contributed by atoms with E-state index >= 15 is 0 Å². The van der Waals surface area contributed by atoms with E-state index in [9.17, 15) is 0 Å². The molecule has 1 aliphatic heterocycles. The lowest BCUT2D eigenvalue weighted by molar-refractivity contribution is 0.0331. The van der Waals surface area contributed by atoms with E-state index in [1.165, 1.54) is 15.8 Å². The smallest absolute Gasteiger partial charge is 0.146 e. The van der Waals surface area contributed by atoms with E-state index in [0.29, 0.717) is 0 Å². The van der Waals surface area contributed by atoms with Gasteiger partial charge in [-0.1, -0.05) is 0 Å². The molecule has 6 heteroatoms. The molecule has 1 saturated heterocycles. The van der Waals surface area contributed by atoms with E-state index in [-0.39, 0.29) is 0 Å². The first kappa shape index (κ1) is 13.7. The maximum atomic E-state index is 5.38. The maximum Gasteiger partial charge on any atom is 0.146 e. The Hall–Kier alpha value is -1.24. The zero-order chi connectivity index (χ0) is 14.1. The number of anilines is 1. The topological polar surface area (TPSA) is 50.3 Å². The lowest BCUT2D eigenvalue weighted by atomic mass is 10.2. The van der Waals surface area contributed by atoms with Crippen LogP contribution in [0.2, 0.25) is 0 Å². The molecule has 3 rings (SSSR count). The Balaban J connectivity index is 1.95. The normalized spacial score (nSPS) is 16.8. The Labute approximate surface area is 123 Å². The Bertz CT molecular complexity index is 619. The summed E-state index contributed by atoms with van der Waals surface area (Å²) in [5.74, 6) is 1.84. The highest BCUT2D eigenvalue weighted by molar-refractivity contribution is 7.18. The van der Waals surface area contributed by atoms with E-state index < -0.39 is 0 Å². The summed E-state index contributed by atoms with van der Waals surface area (Å²) < 4.78 is 5.38. The van der Waals surface area contributed by atoms with Gasteiger partial charge in [-0.05, 0) is 19.4 Å². The van der Waals surface area contributed by atoms with Crippen LogP contribution in [0.15, 0.2) is 0 Å². The van der Waals surface area contributed by atoms with Gasteiger partial charge in [0.25, 0.3) is 0 Å². The fourth-order valence-electron chi connectivity index (χ4n) is 2.50. The molecule has 1 N–H and O–H groups in total. The summed E-state index contributed by atoms with van der Waals surface area (Å²) >= 11 is 1.75. The van der Waals surface area contributed by atoms with Crippen molar-refractivity contribution in [2.24, 2.45) is 0 Å². The van der Waals surface area contributed by atoms with Crippen LogP contribution < -0.4 is 5.32 Å². The number of ether oxygens (including phenoxy) is 1. The number of fused-ring (bicyclic) bond motifs is 1. The number of rotatable bonds is 3. The first-order chi connectivity index (χ1) is 9.69. The molecule has 0 aliphatic carbocycles. The summed E-state index contributed by atoms with van der Waals surface area (Å²) in [5, 5.41) is 4.38. The number of thiophene rings is 1. The van der Waals surface area contributed by atoms with Crippen LogP contribution in [0.3, 0.4) is 0 Å². The second-order valence-electron chi connectivity index (χ2n) is 5.09. The molecular weight excluding hydrogens is 272 g/mol. The second kappa shape index (κ2) is 5.63. The average Bonchev–Trinajstić information content (AvgIpc) is 2.74. The summed E-state index contributed by atoms with van der Waals surface area (Å²) in [6.45, 7) is 8.60. The van der Waals surface area contributed by atoms with Crippen molar-refractivity contribution in [1.29, 1.82) is 0 Å². The van der Waals surface area contributed by atoms with Crippen LogP contribution in [-0.4, -0.2) is 48.2 Å². The molecular formula is C14H20N4OS. The summed E-state index contributed by atoms with van der Waals surface area (Å²) in [5.41, 5.74) is 1.28. The molecule has 0 saturated carbocycles. The summed E-state index contributed by atoms with van der Waals surface area (Å²) in [6, 6.07) is 0. The molecule has 20 heavy (non-hydrogen) atoms. The van der Waals surface area contributed by atoms with E-state index in [2.05, 4.69) is 29.0 Å². The molecule has 3 heterocycles. The maximum absolute atomic E-state index is 5.38. The van der Waals surface area contributed by atoms with Crippen molar-refractivity contribution < 1.29 is 4.74 Å². The highest BCUT2D eigenvalue weighted by Gasteiger charge is 2.16. The lowest BCUT2D eigenvalue weighted by Crippen LogP contribution is -2.36. The fraction of sp³-hybridized carbons (Fsp3) is 0.571. The number of hydrogen-bond acceptors (Lipinski definition) is 6. The van der Waals surface area contributed by atoms with Gasteiger partial charge in [-0.2, -0.15) is 0 Å². The van der Waals surface area contributed by atoms with E-state index in [4.69, 9.17) is 9.72 Å². The Morgan fingerprint density at radius 2 is 2.00 bits per heavy atom. The van der Waals surface area contributed by atoms with Crippen LogP contribution in [-0.2, 0) is 11.3 Å². The van der Waals surface area contributed by atoms with Crippen LogP contribution in [0.1, 0.15) is 16.3 Å². The Morgan fingerprint density at radius 3 is 2.70 bits per heavy atom. The summed E-state index contributed by atoms with van der Waals surface area (Å²) in [7, 11) is 1.92. The molecule has 0 aromatic carbocycles. The third-order valence-electron chi connectivity index (χ3n) is 3.78. The number of nitrogens with one attached hydrogen (secondary N) is 1. The zero-order valence-corrected chi connectivity index (χ0v) is 13.0. The van der Waals surface area contributed by atoms with E-state index in [0.717, 1.165) is 49.3 Å². The minimum absolute atomic E-state index is 0.796. The molecule has 0 unspecified atom stereocenters. The first-order valence-corrected chi connectivity index (χ1v) is 7.75. The Kier molecular flexibility index (Phi) is 3.87.